The molecule has 0 spiro atoms. The Morgan fingerprint density at radius 2 is 1.95 bits per heavy atom. The number of carbonyl (C=O) groups excluding carboxylic acids is 1. The fourth-order valence-electron chi connectivity index (χ4n) is 2.12. The number of amides is 1. The van der Waals surface area contributed by atoms with Crippen LogP contribution in [-0.2, 0) is 6.42 Å². The third-order valence-corrected chi connectivity index (χ3v) is 4.35. The molecule has 0 aliphatic rings. The maximum absolute atomic E-state index is 12.2. The molecule has 3 heteroatoms. The Balaban J connectivity index is 2.20. The lowest BCUT2D eigenvalue weighted by molar-refractivity contribution is 0.103. The Labute approximate surface area is 118 Å². The highest BCUT2D eigenvalue weighted by molar-refractivity contribution is 7.14. The first kappa shape index (κ1) is 13.8. The number of aryl methyl sites for hydroxylation is 4. The van der Waals surface area contributed by atoms with Crippen molar-refractivity contribution in [1.29, 1.82) is 0 Å². The zero-order valence-electron chi connectivity index (χ0n) is 11.8. The molecule has 0 atom stereocenters. The highest BCUT2D eigenvalue weighted by Gasteiger charge is 2.12. The summed E-state index contributed by atoms with van der Waals surface area (Å²) in [6.07, 6.45) is 0.971. The van der Waals surface area contributed by atoms with Gasteiger partial charge in [-0.25, -0.2) is 0 Å². The number of rotatable bonds is 3. The van der Waals surface area contributed by atoms with Gasteiger partial charge in [0, 0.05) is 10.6 Å². The molecule has 0 radical (unpaired) electrons. The fourth-order valence-corrected chi connectivity index (χ4v) is 3.13. The van der Waals surface area contributed by atoms with E-state index in [1.807, 2.05) is 25.1 Å². The number of benzene rings is 1. The van der Waals surface area contributed by atoms with Crippen LogP contribution >= 0.6 is 11.3 Å². The average molecular weight is 273 g/mol. The zero-order chi connectivity index (χ0) is 14.0. The second-order valence-electron chi connectivity index (χ2n) is 4.82. The van der Waals surface area contributed by atoms with Crippen molar-refractivity contribution < 1.29 is 4.79 Å². The van der Waals surface area contributed by atoms with E-state index in [-0.39, 0.29) is 5.91 Å². The Hall–Kier alpha value is -1.61. The Bertz CT molecular complexity index is 613. The summed E-state index contributed by atoms with van der Waals surface area (Å²) >= 11 is 1.56. The molecular weight excluding hydrogens is 254 g/mol. The maximum Gasteiger partial charge on any atom is 0.265 e. The molecule has 0 saturated heterocycles. The molecule has 100 valence electrons. The van der Waals surface area contributed by atoms with E-state index in [2.05, 4.69) is 32.2 Å². The molecule has 1 heterocycles. The standard InChI is InChI=1S/C16H19NOS/c1-5-13-9-15(19-12(13)4)16(18)17-14-7-6-10(2)8-11(14)3/h6-9H,5H2,1-4H3,(H,17,18). The van der Waals surface area contributed by atoms with E-state index in [4.69, 9.17) is 0 Å². The first-order valence-electron chi connectivity index (χ1n) is 6.49. The lowest BCUT2D eigenvalue weighted by atomic mass is 10.1. The van der Waals surface area contributed by atoms with Crippen molar-refractivity contribution in [3.05, 3.63) is 50.7 Å². The van der Waals surface area contributed by atoms with E-state index in [0.29, 0.717) is 0 Å². The monoisotopic (exact) mass is 273 g/mol. The summed E-state index contributed by atoms with van der Waals surface area (Å²) in [4.78, 5) is 14.2. The minimum Gasteiger partial charge on any atom is -0.321 e. The van der Waals surface area contributed by atoms with Gasteiger partial charge in [-0.3, -0.25) is 4.79 Å². The van der Waals surface area contributed by atoms with Crippen LogP contribution in [-0.4, -0.2) is 5.91 Å². The number of hydrogen-bond acceptors (Lipinski definition) is 2. The summed E-state index contributed by atoms with van der Waals surface area (Å²) in [7, 11) is 0. The highest BCUT2D eigenvalue weighted by Crippen LogP contribution is 2.24. The van der Waals surface area contributed by atoms with Gasteiger partial charge in [-0.2, -0.15) is 0 Å². The van der Waals surface area contributed by atoms with Gasteiger partial charge in [0.15, 0.2) is 0 Å². The minimum atomic E-state index is -0.0141. The molecule has 0 aliphatic carbocycles. The summed E-state index contributed by atoms with van der Waals surface area (Å²) < 4.78 is 0. The highest BCUT2D eigenvalue weighted by atomic mass is 32.1. The van der Waals surface area contributed by atoms with Crippen LogP contribution in [0.2, 0.25) is 0 Å². The lowest BCUT2D eigenvalue weighted by Crippen LogP contribution is -2.11. The van der Waals surface area contributed by atoms with Gasteiger partial charge in [0.05, 0.1) is 4.88 Å². The van der Waals surface area contributed by atoms with Gasteiger partial charge in [-0.1, -0.05) is 24.6 Å². The first-order chi connectivity index (χ1) is 9.01. The predicted octanol–water partition coefficient (Wildman–Crippen LogP) is 4.49. The van der Waals surface area contributed by atoms with Crippen molar-refractivity contribution in [2.24, 2.45) is 0 Å². The summed E-state index contributed by atoms with van der Waals surface area (Å²) in [5.74, 6) is -0.0141. The van der Waals surface area contributed by atoms with Gasteiger partial charge >= 0.3 is 0 Å². The van der Waals surface area contributed by atoms with Crippen LogP contribution in [0.3, 0.4) is 0 Å². The average Bonchev–Trinajstić information content (AvgIpc) is 2.74. The van der Waals surface area contributed by atoms with Gasteiger partial charge < -0.3 is 5.32 Å². The third kappa shape index (κ3) is 3.04. The van der Waals surface area contributed by atoms with Crippen LogP contribution in [0.25, 0.3) is 0 Å². The Morgan fingerprint density at radius 1 is 1.21 bits per heavy atom. The number of nitrogens with one attached hydrogen (secondary N) is 1. The fraction of sp³-hybridized carbons (Fsp3) is 0.312. The SMILES string of the molecule is CCc1cc(C(=O)Nc2ccc(C)cc2C)sc1C. The summed E-state index contributed by atoms with van der Waals surface area (Å²) in [6, 6.07) is 8.05. The summed E-state index contributed by atoms with van der Waals surface area (Å²) in [5, 5.41) is 2.99. The first-order valence-corrected chi connectivity index (χ1v) is 7.30. The van der Waals surface area contributed by atoms with E-state index in [1.54, 1.807) is 11.3 Å². The lowest BCUT2D eigenvalue weighted by Gasteiger charge is -2.07. The van der Waals surface area contributed by atoms with Crippen LogP contribution in [0.15, 0.2) is 24.3 Å². The largest absolute Gasteiger partial charge is 0.321 e. The number of anilines is 1. The van der Waals surface area contributed by atoms with Gasteiger partial charge in [0.25, 0.3) is 5.91 Å². The number of thiophene rings is 1. The molecule has 1 aromatic carbocycles. The summed E-state index contributed by atoms with van der Waals surface area (Å²) in [6.45, 7) is 8.24. The van der Waals surface area contributed by atoms with Crippen LogP contribution < -0.4 is 5.32 Å². The van der Waals surface area contributed by atoms with E-state index in [9.17, 15) is 4.79 Å². The number of hydrogen-bond donors (Lipinski definition) is 1. The second kappa shape index (κ2) is 5.57. The molecule has 1 aromatic heterocycles. The van der Waals surface area contributed by atoms with Crippen LogP contribution in [0.5, 0.6) is 0 Å². The van der Waals surface area contributed by atoms with Crippen LogP contribution in [0.4, 0.5) is 5.69 Å². The smallest absolute Gasteiger partial charge is 0.265 e. The molecule has 2 rings (SSSR count). The molecular formula is C16H19NOS. The van der Waals surface area contributed by atoms with Gasteiger partial charge in [-0.15, -0.1) is 11.3 Å². The van der Waals surface area contributed by atoms with Gasteiger partial charge in [0.1, 0.15) is 0 Å². The van der Waals surface area contributed by atoms with Crippen LogP contribution in [0.1, 0.15) is 38.2 Å². The topological polar surface area (TPSA) is 29.1 Å². The van der Waals surface area contributed by atoms with E-state index < -0.39 is 0 Å². The second-order valence-corrected chi connectivity index (χ2v) is 6.07. The van der Waals surface area contributed by atoms with Gasteiger partial charge in [-0.05, 0) is 50.5 Å². The molecule has 19 heavy (non-hydrogen) atoms. The van der Waals surface area contributed by atoms with Crippen molar-refractivity contribution in [2.45, 2.75) is 34.1 Å². The molecule has 0 fully saturated rings. The molecule has 0 saturated carbocycles. The number of carbonyl (C=O) groups is 1. The molecule has 0 bridgehead atoms. The molecule has 2 nitrogen and oxygen atoms in total. The van der Waals surface area contributed by atoms with Crippen molar-refractivity contribution in [3.63, 3.8) is 0 Å². The van der Waals surface area contributed by atoms with Crippen molar-refractivity contribution in [1.82, 2.24) is 0 Å². The molecule has 0 unspecified atom stereocenters. The van der Waals surface area contributed by atoms with Crippen molar-refractivity contribution in [2.75, 3.05) is 5.32 Å². The normalized spacial score (nSPS) is 10.5. The zero-order valence-corrected chi connectivity index (χ0v) is 12.6. The van der Waals surface area contributed by atoms with Gasteiger partial charge in [0.2, 0.25) is 0 Å². The third-order valence-electron chi connectivity index (χ3n) is 3.26. The molecule has 1 N–H and O–H groups in total. The maximum atomic E-state index is 12.2. The Kier molecular flexibility index (Phi) is 4.05. The van der Waals surface area contributed by atoms with Crippen molar-refractivity contribution >= 4 is 22.9 Å². The molecule has 0 aliphatic heterocycles. The summed E-state index contributed by atoms with van der Waals surface area (Å²) in [5.41, 5.74) is 4.45. The van der Waals surface area contributed by atoms with E-state index in [1.165, 1.54) is 16.0 Å². The Morgan fingerprint density at radius 3 is 2.53 bits per heavy atom. The van der Waals surface area contributed by atoms with Crippen LogP contribution in [0, 0.1) is 20.8 Å². The predicted molar refractivity (Wildman–Crippen MR) is 82.3 cm³/mol. The van der Waals surface area contributed by atoms with E-state index >= 15 is 0 Å². The van der Waals surface area contributed by atoms with E-state index in [0.717, 1.165) is 22.5 Å². The minimum absolute atomic E-state index is 0.0141. The van der Waals surface area contributed by atoms with Crippen molar-refractivity contribution in [3.8, 4) is 0 Å². The quantitative estimate of drug-likeness (QED) is 0.877. The molecule has 1 amide bonds. The molecule has 2 aromatic rings.